The number of carbonyl (C=O) groups excluding carboxylic acids is 1. The first-order chi connectivity index (χ1) is 9.93. The van der Waals surface area contributed by atoms with Gasteiger partial charge >= 0.3 is 0 Å². The molecule has 5 heteroatoms. The van der Waals surface area contributed by atoms with E-state index < -0.39 is 0 Å². The number of nitrogens with zero attached hydrogens (tertiary/aromatic N) is 3. The third-order valence-electron chi connectivity index (χ3n) is 4.09. The molecule has 112 valence electrons. The monoisotopic (exact) mass is 349 g/mol. The minimum Gasteiger partial charge on any atom is -0.336 e. The van der Waals surface area contributed by atoms with Crippen LogP contribution in [0.4, 0.5) is 0 Å². The third-order valence-corrected chi connectivity index (χ3v) is 4.58. The highest BCUT2D eigenvalue weighted by atomic mass is 79.9. The van der Waals surface area contributed by atoms with E-state index in [1.807, 2.05) is 11.0 Å². The van der Waals surface area contributed by atoms with Crippen LogP contribution >= 0.6 is 15.9 Å². The maximum Gasteiger partial charge on any atom is 0.255 e. The van der Waals surface area contributed by atoms with Crippen molar-refractivity contribution in [2.45, 2.75) is 19.9 Å². The first kappa shape index (κ1) is 16.0. The lowest BCUT2D eigenvalue weighted by molar-refractivity contribution is 0.0465. The SMILES string of the molecule is CC(C)C1CN(C(=O)c2ccc(Br)cc2C#N)CCN1C. The average molecular weight is 350 g/mol. The lowest BCUT2D eigenvalue weighted by Crippen LogP contribution is -2.55. The Kier molecular flexibility index (Phi) is 5.02. The molecule has 1 aromatic carbocycles. The first-order valence-electron chi connectivity index (χ1n) is 7.13. The Bertz CT molecular complexity index is 579. The van der Waals surface area contributed by atoms with E-state index >= 15 is 0 Å². The molecule has 1 atom stereocenters. The Hall–Kier alpha value is -1.38. The highest BCUT2D eigenvalue weighted by Crippen LogP contribution is 2.21. The third kappa shape index (κ3) is 3.45. The fraction of sp³-hybridized carbons (Fsp3) is 0.500. The van der Waals surface area contributed by atoms with Crippen molar-refractivity contribution in [2.75, 3.05) is 26.7 Å². The lowest BCUT2D eigenvalue weighted by atomic mass is 9.99. The Morgan fingerprint density at radius 2 is 2.14 bits per heavy atom. The van der Waals surface area contributed by atoms with E-state index in [1.54, 1.807) is 12.1 Å². The Labute approximate surface area is 134 Å². The van der Waals surface area contributed by atoms with Crippen molar-refractivity contribution in [1.29, 1.82) is 5.26 Å². The summed E-state index contributed by atoms with van der Waals surface area (Å²) >= 11 is 3.34. The van der Waals surface area contributed by atoms with E-state index in [0.717, 1.165) is 11.0 Å². The largest absolute Gasteiger partial charge is 0.336 e. The summed E-state index contributed by atoms with van der Waals surface area (Å²) in [6.45, 7) is 6.64. The number of amides is 1. The van der Waals surface area contributed by atoms with Crippen LogP contribution in [0.15, 0.2) is 22.7 Å². The fourth-order valence-electron chi connectivity index (χ4n) is 2.77. The summed E-state index contributed by atoms with van der Waals surface area (Å²) in [4.78, 5) is 16.9. The van der Waals surface area contributed by atoms with Gasteiger partial charge in [0.25, 0.3) is 5.91 Å². The zero-order chi connectivity index (χ0) is 15.6. The number of likely N-dealkylation sites (N-methyl/N-ethyl adjacent to an activating group) is 1. The van der Waals surface area contributed by atoms with Crippen LogP contribution in [-0.4, -0.2) is 48.4 Å². The van der Waals surface area contributed by atoms with Crippen LogP contribution in [0.5, 0.6) is 0 Å². The molecule has 1 aromatic rings. The van der Waals surface area contributed by atoms with E-state index in [2.05, 4.69) is 47.8 Å². The second kappa shape index (κ2) is 6.59. The smallest absolute Gasteiger partial charge is 0.255 e. The molecule has 21 heavy (non-hydrogen) atoms. The minimum atomic E-state index is -0.0437. The predicted molar refractivity (Wildman–Crippen MR) is 86.0 cm³/mol. The number of nitriles is 1. The van der Waals surface area contributed by atoms with Gasteiger partial charge in [-0.3, -0.25) is 9.69 Å². The van der Waals surface area contributed by atoms with E-state index in [1.165, 1.54) is 0 Å². The van der Waals surface area contributed by atoms with Crippen LogP contribution < -0.4 is 0 Å². The molecule has 0 radical (unpaired) electrons. The second-order valence-corrected chi connectivity index (χ2v) is 6.76. The summed E-state index contributed by atoms with van der Waals surface area (Å²) in [7, 11) is 2.10. The van der Waals surface area contributed by atoms with Crippen LogP contribution in [0.25, 0.3) is 0 Å². The number of halogens is 1. The first-order valence-corrected chi connectivity index (χ1v) is 7.92. The molecule has 1 aliphatic rings. The summed E-state index contributed by atoms with van der Waals surface area (Å²) < 4.78 is 0.814. The van der Waals surface area contributed by atoms with E-state index in [9.17, 15) is 10.1 Å². The maximum absolute atomic E-state index is 12.7. The second-order valence-electron chi connectivity index (χ2n) is 5.84. The van der Waals surface area contributed by atoms with Crippen molar-refractivity contribution in [3.63, 3.8) is 0 Å². The van der Waals surface area contributed by atoms with Crippen molar-refractivity contribution in [3.8, 4) is 6.07 Å². The number of hydrogen-bond donors (Lipinski definition) is 0. The van der Waals surface area contributed by atoms with Crippen LogP contribution in [-0.2, 0) is 0 Å². The molecular formula is C16H20BrN3O. The minimum absolute atomic E-state index is 0.0437. The van der Waals surface area contributed by atoms with Crippen molar-refractivity contribution < 1.29 is 4.79 Å². The number of hydrogen-bond acceptors (Lipinski definition) is 3. The van der Waals surface area contributed by atoms with Gasteiger partial charge in [-0.05, 0) is 31.2 Å². The van der Waals surface area contributed by atoms with Crippen molar-refractivity contribution in [3.05, 3.63) is 33.8 Å². The normalized spacial score (nSPS) is 19.6. The molecule has 1 aliphatic heterocycles. The summed E-state index contributed by atoms with van der Waals surface area (Å²) in [6.07, 6.45) is 0. The van der Waals surface area contributed by atoms with Gasteiger partial charge in [0.05, 0.1) is 17.2 Å². The molecule has 0 aromatic heterocycles. The number of rotatable bonds is 2. The van der Waals surface area contributed by atoms with Gasteiger partial charge in [0, 0.05) is 30.1 Å². The molecule has 0 saturated carbocycles. The van der Waals surface area contributed by atoms with E-state index in [4.69, 9.17) is 0 Å². The molecule has 0 bridgehead atoms. The zero-order valence-electron chi connectivity index (χ0n) is 12.6. The molecule has 1 unspecified atom stereocenters. The van der Waals surface area contributed by atoms with Gasteiger partial charge in [0.2, 0.25) is 0 Å². The molecule has 1 heterocycles. The summed E-state index contributed by atoms with van der Waals surface area (Å²) in [5.74, 6) is 0.448. The summed E-state index contributed by atoms with van der Waals surface area (Å²) in [5.41, 5.74) is 0.919. The van der Waals surface area contributed by atoms with Crippen LogP contribution in [0, 0.1) is 17.2 Å². The predicted octanol–water partition coefficient (Wildman–Crippen LogP) is 2.73. The molecule has 2 rings (SSSR count). The van der Waals surface area contributed by atoms with Crippen LogP contribution in [0.1, 0.15) is 29.8 Å². The quantitative estimate of drug-likeness (QED) is 0.824. The molecule has 0 N–H and O–H groups in total. The standard InChI is InChI=1S/C16H20BrN3O/c1-11(2)15-10-20(7-6-19(15)3)16(21)14-5-4-13(17)8-12(14)9-18/h4-5,8,11,15H,6-7,10H2,1-3H3. The van der Waals surface area contributed by atoms with Gasteiger partial charge in [0.1, 0.15) is 0 Å². The van der Waals surface area contributed by atoms with Crippen LogP contribution in [0.3, 0.4) is 0 Å². The number of benzene rings is 1. The molecule has 4 nitrogen and oxygen atoms in total. The van der Waals surface area contributed by atoms with Gasteiger partial charge in [-0.25, -0.2) is 0 Å². The molecule has 1 amide bonds. The average Bonchev–Trinajstić information content (AvgIpc) is 2.46. The van der Waals surface area contributed by atoms with Gasteiger partial charge in [-0.1, -0.05) is 29.8 Å². The van der Waals surface area contributed by atoms with Crippen molar-refractivity contribution in [2.24, 2.45) is 5.92 Å². The molecule has 0 aliphatic carbocycles. The van der Waals surface area contributed by atoms with Crippen molar-refractivity contribution >= 4 is 21.8 Å². The van der Waals surface area contributed by atoms with Crippen LogP contribution in [0.2, 0.25) is 0 Å². The Morgan fingerprint density at radius 1 is 1.43 bits per heavy atom. The Morgan fingerprint density at radius 3 is 2.76 bits per heavy atom. The number of piperazine rings is 1. The molecule has 1 saturated heterocycles. The van der Waals surface area contributed by atoms with E-state index in [0.29, 0.717) is 36.2 Å². The highest BCUT2D eigenvalue weighted by molar-refractivity contribution is 9.10. The lowest BCUT2D eigenvalue weighted by Gasteiger charge is -2.41. The highest BCUT2D eigenvalue weighted by Gasteiger charge is 2.30. The zero-order valence-corrected chi connectivity index (χ0v) is 14.2. The summed E-state index contributed by atoms with van der Waals surface area (Å²) in [5, 5.41) is 9.22. The Balaban J connectivity index is 2.23. The van der Waals surface area contributed by atoms with Gasteiger partial charge < -0.3 is 4.90 Å². The van der Waals surface area contributed by atoms with E-state index in [-0.39, 0.29) is 5.91 Å². The van der Waals surface area contributed by atoms with Gasteiger partial charge in [-0.2, -0.15) is 5.26 Å². The molecule has 0 spiro atoms. The van der Waals surface area contributed by atoms with Gasteiger partial charge in [-0.15, -0.1) is 0 Å². The molecule has 1 fully saturated rings. The maximum atomic E-state index is 12.7. The fourth-order valence-corrected chi connectivity index (χ4v) is 3.13. The van der Waals surface area contributed by atoms with Crippen molar-refractivity contribution in [1.82, 2.24) is 9.80 Å². The van der Waals surface area contributed by atoms with Gasteiger partial charge in [0.15, 0.2) is 0 Å². The summed E-state index contributed by atoms with van der Waals surface area (Å²) in [6, 6.07) is 7.71. The number of carbonyl (C=O) groups is 1. The topological polar surface area (TPSA) is 47.3 Å². The molecular weight excluding hydrogens is 330 g/mol.